The number of fused-ring (bicyclic) bond motifs is 3. The van der Waals surface area contributed by atoms with Gasteiger partial charge in [-0.1, -0.05) is 0 Å². The van der Waals surface area contributed by atoms with Crippen molar-refractivity contribution in [2.75, 3.05) is 28.8 Å². The van der Waals surface area contributed by atoms with E-state index < -0.39 is 11.9 Å². The smallest absolute Gasteiger partial charge is 0.256 e. The predicted molar refractivity (Wildman–Crippen MR) is 141 cm³/mol. The second kappa shape index (κ2) is 8.89. The summed E-state index contributed by atoms with van der Waals surface area (Å²) < 4.78 is 32.0. The number of benzene rings is 1. The van der Waals surface area contributed by atoms with Crippen molar-refractivity contribution >= 4 is 28.8 Å². The molecule has 2 saturated carbocycles. The van der Waals surface area contributed by atoms with Crippen molar-refractivity contribution in [2.24, 2.45) is 5.41 Å². The molecule has 6 atom stereocenters. The van der Waals surface area contributed by atoms with E-state index in [1.165, 1.54) is 12.3 Å². The Hall–Kier alpha value is -2.75. The quantitative estimate of drug-likeness (QED) is 0.618. The largest absolute Gasteiger partial charge is 0.381 e. The van der Waals surface area contributed by atoms with Gasteiger partial charge < -0.3 is 29.3 Å². The zero-order chi connectivity index (χ0) is 26.2. The molecule has 3 aliphatic heterocycles. The van der Waals surface area contributed by atoms with Crippen LogP contribution in [0.5, 0.6) is 0 Å². The highest BCUT2D eigenvalue weighted by Crippen LogP contribution is 2.69. The molecule has 1 unspecified atom stereocenters. The van der Waals surface area contributed by atoms with Gasteiger partial charge in [0.25, 0.3) is 5.91 Å². The van der Waals surface area contributed by atoms with Crippen LogP contribution in [0.25, 0.3) is 0 Å². The summed E-state index contributed by atoms with van der Waals surface area (Å²) in [5.74, 6) is 0.0255. The molecule has 1 spiro atoms. The molecule has 8 nitrogen and oxygen atoms in total. The number of nitrogens with zero attached hydrogens (tertiary/aromatic N) is 3. The van der Waals surface area contributed by atoms with E-state index in [0.717, 1.165) is 42.7 Å². The van der Waals surface area contributed by atoms with Crippen LogP contribution in [0.2, 0.25) is 0 Å². The lowest BCUT2D eigenvalue weighted by Gasteiger charge is -2.35. The first kappa shape index (κ1) is 24.3. The van der Waals surface area contributed by atoms with E-state index in [2.05, 4.69) is 27.3 Å². The third-order valence-electron chi connectivity index (χ3n) is 9.16. The van der Waals surface area contributed by atoms with Crippen molar-refractivity contribution in [3.8, 4) is 0 Å². The molecule has 4 heterocycles. The highest BCUT2D eigenvalue weighted by Gasteiger charge is 2.72. The Balaban J connectivity index is 1.20. The Labute approximate surface area is 222 Å². The van der Waals surface area contributed by atoms with Crippen LogP contribution in [-0.4, -0.2) is 61.1 Å². The fourth-order valence-corrected chi connectivity index (χ4v) is 7.46. The molecule has 5 aliphatic rings. The lowest BCUT2D eigenvalue weighted by atomic mass is 10.0. The monoisotopic (exact) mass is 522 g/mol. The van der Waals surface area contributed by atoms with Gasteiger partial charge in [0.2, 0.25) is 0 Å². The number of halogens is 1. The van der Waals surface area contributed by atoms with Gasteiger partial charge >= 0.3 is 0 Å². The van der Waals surface area contributed by atoms with Gasteiger partial charge in [-0.3, -0.25) is 4.79 Å². The van der Waals surface area contributed by atoms with Gasteiger partial charge in [0, 0.05) is 35.9 Å². The van der Waals surface area contributed by atoms with Crippen molar-refractivity contribution < 1.29 is 23.4 Å². The van der Waals surface area contributed by atoms with E-state index in [-0.39, 0.29) is 30.1 Å². The van der Waals surface area contributed by atoms with E-state index >= 15 is 0 Å². The molecule has 1 amide bonds. The summed E-state index contributed by atoms with van der Waals surface area (Å²) in [6.45, 7) is 4.62. The molecule has 4 fully saturated rings. The molecule has 2 saturated heterocycles. The van der Waals surface area contributed by atoms with Crippen molar-refractivity contribution in [1.29, 1.82) is 0 Å². The number of nitrogens with one attached hydrogen (secondary N) is 1. The molecule has 2 aliphatic carbocycles. The molecule has 7 rings (SSSR count). The van der Waals surface area contributed by atoms with Crippen molar-refractivity contribution in [3.05, 3.63) is 41.8 Å². The molecule has 2 aromatic rings. The number of ether oxygens (including phenoxy) is 3. The van der Waals surface area contributed by atoms with E-state index in [1.807, 2.05) is 27.0 Å². The third-order valence-corrected chi connectivity index (χ3v) is 9.16. The molecule has 38 heavy (non-hydrogen) atoms. The predicted octanol–water partition coefficient (Wildman–Crippen LogP) is 4.54. The Kier molecular flexibility index (Phi) is 5.69. The van der Waals surface area contributed by atoms with Gasteiger partial charge in [0.05, 0.1) is 49.0 Å². The Morgan fingerprint density at radius 1 is 1.26 bits per heavy atom. The van der Waals surface area contributed by atoms with Crippen molar-refractivity contribution in [1.82, 2.24) is 4.98 Å². The van der Waals surface area contributed by atoms with E-state index in [4.69, 9.17) is 14.2 Å². The van der Waals surface area contributed by atoms with Gasteiger partial charge in [0.1, 0.15) is 17.7 Å². The molecule has 2 bridgehead atoms. The number of rotatable bonds is 5. The fraction of sp³-hybridized carbons (Fsp3) is 0.586. The number of aromatic nitrogens is 1. The molecular formula is C29H35FN4O4. The summed E-state index contributed by atoms with van der Waals surface area (Å²) in [6.07, 6.45) is 5.79. The van der Waals surface area contributed by atoms with Crippen LogP contribution >= 0.6 is 0 Å². The zero-order valence-corrected chi connectivity index (χ0v) is 22.2. The highest BCUT2D eigenvalue weighted by molar-refractivity contribution is 6.01. The van der Waals surface area contributed by atoms with Gasteiger partial charge in [-0.15, -0.1) is 0 Å². The molecular weight excluding hydrogens is 487 g/mol. The van der Waals surface area contributed by atoms with E-state index in [9.17, 15) is 9.18 Å². The third kappa shape index (κ3) is 3.81. The Morgan fingerprint density at radius 2 is 2.13 bits per heavy atom. The fourth-order valence-electron chi connectivity index (χ4n) is 7.46. The van der Waals surface area contributed by atoms with Crippen LogP contribution in [-0.2, 0) is 25.5 Å². The van der Waals surface area contributed by atoms with Gasteiger partial charge in [-0.2, -0.15) is 0 Å². The number of piperidine rings is 2. The number of carbonyl (C=O) groups excluding carboxylic acids is 1. The normalized spacial score (nSPS) is 32.9. The second-order valence-corrected chi connectivity index (χ2v) is 11.8. The molecule has 1 aromatic heterocycles. The van der Waals surface area contributed by atoms with E-state index in [1.54, 1.807) is 4.90 Å². The van der Waals surface area contributed by atoms with Crippen LogP contribution < -0.4 is 15.1 Å². The number of amides is 1. The van der Waals surface area contributed by atoms with Gasteiger partial charge in [-0.25, -0.2) is 9.37 Å². The highest BCUT2D eigenvalue weighted by atomic mass is 19.1. The van der Waals surface area contributed by atoms with Crippen LogP contribution in [0.1, 0.15) is 51.5 Å². The number of methoxy groups -OCH3 is 1. The standard InChI is InChI=1S/C29H35FN4O4/c1-16(2)38-21-5-7-24(37-15-21)28(35)33-14-17-8-18(30)13-31-27(17)32-22-6-4-19(9-23(22)33)34-20-10-26(36-3)29(11-20)12-25(29)34/h4,6,8-9,13,16,20-21,24-26H,5,7,10-12,14-15H2,1-3H3,(H,31,32)/t20-,21-,24+,25-,26-,29?/m0/s1. The zero-order valence-electron chi connectivity index (χ0n) is 22.2. The molecule has 0 radical (unpaired) electrons. The Morgan fingerprint density at radius 3 is 2.87 bits per heavy atom. The lowest BCUT2D eigenvalue weighted by Crippen LogP contribution is -2.45. The number of pyridine rings is 1. The van der Waals surface area contributed by atoms with Gasteiger partial charge in [0.15, 0.2) is 0 Å². The topological polar surface area (TPSA) is 76.2 Å². The Bertz CT molecular complexity index is 1260. The van der Waals surface area contributed by atoms with Crippen LogP contribution in [0, 0.1) is 11.2 Å². The first-order chi connectivity index (χ1) is 18.4. The SMILES string of the molecule is CO[C@H]1C[C@H]2CC13C[C@@H]3N2c1ccc2c(c1)N(C(=O)[C@H]1CC[C@H](OC(C)C)CO1)Cc1cc(F)cnc1N2. The first-order valence-electron chi connectivity index (χ1n) is 13.8. The van der Waals surface area contributed by atoms with Crippen LogP contribution in [0.3, 0.4) is 0 Å². The maximum atomic E-state index is 14.2. The summed E-state index contributed by atoms with van der Waals surface area (Å²) >= 11 is 0. The number of anilines is 4. The first-order valence-corrected chi connectivity index (χ1v) is 13.8. The minimum absolute atomic E-state index is 0.00450. The summed E-state index contributed by atoms with van der Waals surface area (Å²) in [4.78, 5) is 22.6. The summed E-state index contributed by atoms with van der Waals surface area (Å²) in [7, 11) is 1.83. The summed E-state index contributed by atoms with van der Waals surface area (Å²) in [6, 6.07) is 8.66. The second-order valence-electron chi connectivity index (χ2n) is 11.8. The van der Waals surface area contributed by atoms with Crippen LogP contribution in [0.15, 0.2) is 30.5 Å². The summed E-state index contributed by atoms with van der Waals surface area (Å²) in [5, 5.41) is 3.36. The number of hydrogen-bond acceptors (Lipinski definition) is 7. The minimum Gasteiger partial charge on any atom is -0.381 e. The van der Waals surface area contributed by atoms with Crippen molar-refractivity contribution in [2.45, 2.75) is 89.0 Å². The maximum absolute atomic E-state index is 14.2. The average molecular weight is 523 g/mol. The van der Waals surface area contributed by atoms with Crippen LogP contribution in [0.4, 0.5) is 27.3 Å². The summed E-state index contributed by atoms with van der Waals surface area (Å²) in [5.41, 5.74) is 3.59. The maximum Gasteiger partial charge on any atom is 0.256 e. The number of carbonyl (C=O) groups is 1. The average Bonchev–Trinajstić information content (AvgIpc) is 3.45. The van der Waals surface area contributed by atoms with E-state index in [0.29, 0.717) is 42.6 Å². The van der Waals surface area contributed by atoms with Crippen molar-refractivity contribution in [3.63, 3.8) is 0 Å². The molecule has 1 N–H and O–H groups in total. The molecule has 9 heteroatoms. The number of hydrogen-bond donors (Lipinski definition) is 1. The minimum atomic E-state index is -0.571. The molecule has 202 valence electrons. The van der Waals surface area contributed by atoms with Gasteiger partial charge in [-0.05, 0) is 70.2 Å². The lowest BCUT2D eigenvalue weighted by molar-refractivity contribution is -0.143. The molecule has 1 aromatic carbocycles.